The van der Waals surface area contributed by atoms with Gasteiger partial charge in [0.2, 0.25) is 0 Å². The van der Waals surface area contributed by atoms with Crippen LogP contribution in [-0.2, 0) is 12.6 Å². The third kappa shape index (κ3) is 1.23. The number of nitrogen functional groups attached to an aromatic ring is 1. The van der Waals surface area contributed by atoms with Crippen molar-refractivity contribution in [1.29, 1.82) is 0 Å². The molecule has 1 aromatic rings. The van der Waals surface area contributed by atoms with E-state index in [0.717, 1.165) is 12.8 Å². The maximum Gasteiger partial charge on any atom is 0.255 e. The fourth-order valence-corrected chi connectivity index (χ4v) is 1.50. The topological polar surface area (TPSA) is 74.0 Å². The zero-order valence-corrected chi connectivity index (χ0v) is 7.58. The van der Waals surface area contributed by atoms with Gasteiger partial charge in [-0.3, -0.25) is 4.79 Å². The van der Waals surface area contributed by atoms with Crippen LogP contribution in [0.3, 0.4) is 0 Å². The maximum absolute atomic E-state index is 11.6. The monoisotopic (exact) mass is 179 g/mol. The van der Waals surface area contributed by atoms with Crippen molar-refractivity contribution in [3.05, 3.63) is 28.2 Å². The highest BCUT2D eigenvalue weighted by atomic mass is 16.1. The number of nitrogens with two attached hydrogens (primary N) is 2. The first-order valence-corrected chi connectivity index (χ1v) is 4.28. The highest BCUT2D eigenvalue weighted by Gasteiger charge is 2.42. The van der Waals surface area contributed by atoms with Crippen LogP contribution in [0.1, 0.15) is 18.4 Å². The van der Waals surface area contributed by atoms with E-state index in [2.05, 4.69) is 0 Å². The summed E-state index contributed by atoms with van der Waals surface area (Å²) in [5.74, 6) is 0. The van der Waals surface area contributed by atoms with Crippen molar-refractivity contribution in [3.8, 4) is 0 Å². The summed E-state index contributed by atoms with van der Waals surface area (Å²) in [6.45, 7) is 0. The van der Waals surface area contributed by atoms with Gasteiger partial charge in [-0.1, -0.05) is 0 Å². The van der Waals surface area contributed by atoms with Gasteiger partial charge in [0.05, 0.1) is 0 Å². The van der Waals surface area contributed by atoms with Gasteiger partial charge in [-0.05, 0) is 18.9 Å². The van der Waals surface area contributed by atoms with E-state index in [-0.39, 0.29) is 5.56 Å². The average Bonchev–Trinajstić information content (AvgIpc) is 2.77. The van der Waals surface area contributed by atoms with Crippen LogP contribution in [0, 0.1) is 0 Å². The van der Waals surface area contributed by atoms with Gasteiger partial charge in [-0.25, -0.2) is 0 Å². The zero-order chi connectivity index (χ0) is 9.64. The number of aryl methyl sites for hydroxylation is 1. The van der Waals surface area contributed by atoms with E-state index in [1.807, 2.05) is 0 Å². The quantitative estimate of drug-likeness (QED) is 0.633. The Morgan fingerprint density at radius 3 is 2.69 bits per heavy atom. The molecule has 1 saturated carbocycles. The van der Waals surface area contributed by atoms with Crippen molar-refractivity contribution in [1.82, 2.24) is 4.57 Å². The molecule has 1 aromatic heterocycles. The van der Waals surface area contributed by atoms with E-state index in [4.69, 9.17) is 11.5 Å². The van der Waals surface area contributed by atoms with Gasteiger partial charge >= 0.3 is 0 Å². The number of rotatable bonds is 1. The molecule has 4 heteroatoms. The molecule has 1 heterocycles. The van der Waals surface area contributed by atoms with Crippen molar-refractivity contribution in [2.75, 3.05) is 5.73 Å². The zero-order valence-electron chi connectivity index (χ0n) is 7.58. The lowest BCUT2D eigenvalue weighted by atomic mass is 10.1. The Balaban J connectivity index is 2.63. The molecule has 1 aliphatic carbocycles. The first-order valence-electron chi connectivity index (χ1n) is 4.28. The number of pyridine rings is 1. The average molecular weight is 179 g/mol. The Labute approximate surface area is 76.2 Å². The molecule has 0 amide bonds. The lowest BCUT2D eigenvalue weighted by Crippen LogP contribution is -2.31. The molecule has 4 N–H and O–H groups in total. The standard InChI is InChI=1S/C9H13N3O/c1-12-5-6(10)4-7(8(12)13)9(11)2-3-9/h4-5H,2-3,10-11H2,1H3. The minimum absolute atomic E-state index is 0.0331. The van der Waals surface area contributed by atoms with Gasteiger partial charge in [0.1, 0.15) is 0 Å². The smallest absolute Gasteiger partial charge is 0.255 e. The molecule has 1 aliphatic rings. The number of anilines is 1. The molecule has 2 rings (SSSR count). The first-order chi connectivity index (χ1) is 6.03. The maximum atomic E-state index is 11.6. The summed E-state index contributed by atoms with van der Waals surface area (Å²) in [7, 11) is 1.69. The van der Waals surface area contributed by atoms with Crippen molar-refractivity contribution >= 4 is 5.69 Å². The van der Waals surface area contributed by atoms with E-state index in [9.17, 15) is 4.79 Å². The summed E-state index contributed by atoms with van der Waals surface area (Å²) in [5, 5.41) is 0. The van der Waals surface area contributed by atoms with Crippen LogP contribution in [0.25, 0.3) is 0 Å². The number of nitrogens with zero attached hydrogens (tertiary/aromatic N) is 1. The van der Waals surface area contributed by atoms with Crippen LogP contribution in [0.15, 0.2) is 17.1 Å². The van der Waals surface area contributed by atoms with E-state index in [1.54, 1.807) is 19.3 Å². The third-order valence-corrected chi connectivity index (χ3v) is 2.53. The van der Waals surface area contributed by atoms with Gasteiger partial charge in [-0.2, -0.15) is 0 Å². The lowest BCUT2D eigenvalue weighted by Gasteiger charge is -2.10. The summed E-state index contributed by atoms with van der Waals surface area (Å²) < 4.78 is 1.48. The number of aromatic nitrogens is 1. The summed E-state index contributed by atoms with van der Waals surface area (Å²) >= 11 is 0. The van der Waals surface area contributed by atoms with Crippen molar-refractivity contribution in [2.45, 2.75) is 18.4 Å². The first kappa shape index (κ1) is 8.31. The summed E-state index contributed by atoms with van der Waals surface area (Å²) in [4.78, 5) is 11.6. The molecule has 0 bridgehead atoms. The van der Waals surface area contributed by atoms with Crippen LogP contribution in [0.5, 0.6) is 0 Å². The van der Waals surface area contributed by atoms with Crippen LogP contribution in [-0.4, -0.2) is 4.57 Å². The van der Waals surface area contributed by atoms with E-state index in [1.165, 1.54) is 4.57 Å². The van der Waals surface area contributed by atoms with Gasteiger partial charge in [0.25, 0.3) is 5.56 Å². The van der Waals surface area contributed by atoms with Crippen LogP contribution >= 0.6 is 0 Å². The minimum Gasteiger partial charge on any atom is -0.398 e. The van der Waals surface area contributed by atoms with E-state index >= 15 is 0 Å². The Morgan fingerprint density at radius 2 is 2.15 bits per heavy atom. The summed E-state index contributed by atoms with van der Waals surface area (Å²) in [6, 6.07) is 1.69. The highest BCUT2D eigenvalue weighted by Crippen LogP contribution is 2.41. The van der Waals surface area contributed by atoms with Crippen LogP contribution in [0.2, 0.25) is 0 Å². The third-order valence-electron chi connectivity index (χ3n) is 2.53. The Bertz CT molecular complexity index is 404. The second kappa shape index (κ2) is 2.35. The second-order valence-electron chi connectivity index (χ2n) is 3.76. The van der Waals surface area contributed by atoms with Gasteiger partial charge in [-0.15, -0.1) is 0 Å². The Morgan fingerprint density at radius 1 is 1.54 bits per heavy atom. The Hall–Kier alpha value is -1.29. The predicted molar refractivity (Wildman–Crippen MR) is 51.2 cm³/mol. The fraction of sp³-hybridized carbons (Fsp3) is 0.444. The molecule has 0 unspecified atom stereocenters. The van der Waals surface area contributed by atoms with Gasteiger partial charge < -0.3 is 16.0 Å². The molecule has 0 aromatic carbocycles. The van der Waals surface area contributed by atoms with E-state index < -0.39 is 5.54 Å². The fourth-order valence-electron chi connectivity index (χ4n) is 1.50. The molecule has 0 radical (unpaired) electrons. The lowest BCUT2D eigenvalue weighted by molar-refractivity contribution is 0.702. The van der Waals surface area contributed by atoms with Gasteiger partial charge in [0.15, 0.2) is 0 Å². The summed E-state index contributed by atoms with van der Waals surface area (Å²) in [6.07, 6.45) is 3.37. The van der Waals surface area contributed by atoms with E-state index in [0.29, 0.717) is 11.3 Å². The molecule has 1 fully saturated rings. The predicted octanol–water partition coefficient (Wildman–Crippen LogP) is -0.0847. The van der Waals surface area contributed by atoms with Crippen LogP contribution in [0.4, 0.5) is 5.69 Å². The Kier molecular flexibility index (Phi) is 1.51. The molecule has 0 aliphatic heterocycles. The molecule has 4 nitrogen and oxygen atoms in total. The highest BCUT2D eigenvalue weighted by molar-refractivity contribution is 5.42. The molecule has 13 heavy (non-hydrogen) atoms. The minimum atomic E-state index is -0.399. The SMILES string of the molecule is Cn1cc(N)cc(C2(N)CC2)c1=O. The summed E-state index contributed by atoms with van der Waals surface area (Å²) in [5.41, 5.74) is 12.4. The van der Waals surface area contributed by atoms with Crippen molar-refractivity contribution < 1.29 is 0 Å². The molecular weight excluding hydrogens is 166 g/mol. The second-order valence-corrected chi connectivity index (χ2v) is 3.76. The van der Waals surface area contributed by atoms with Crippen molar-refractivity contribution in [3.63, 3.8) is 0 Å². The normalized spacial score (nSPS) is 18.6. The van der Waals surface area contributed by atoms with Crippen molar-refractivity contribution in [2.24, 2.45) is 12.8 Å². The number of hydrogen-bond donors (Lipinski definition) is 2. The molecule has 0 saturated heterocycles. The molecular formula is C9H13N3O. The molecule has 0 atom stereocenters. The van der Waals surface area contributed by atoms with Crippen LogP contribution < -0.4 is 17.0 Å². The van der Waals surface area contributed by atoms with Gasteiger partial charge in [0, 0.05) is 30.0 Å². The largest absolute Gasteiger partial charge is 0.398 e. The molecule has 0 spiro atoms. The molecule has 70 valence electrons. The number of hydrogen-bond acceptors (Lipinski definition) is 3.